The van der Waals surface area contributed by atoms with Gasteiger partial charge < -0.3 is 11.1 Å². The molecule has 0 aliphatic rings. The molecule has 8 heteroatoms. The van der Waals surface area contributed by atoms with Crippen molar-refractivity contribution in [3.63, 3.8) is 0 Å². The Morgan fingerprint density at radius 3 is 2.39 bits per heavy atom. The molecule has 1 heterocycles. The highest BCUT2D eigenvalue weighted by molar-refractivity contribution is 5.86. The number of hydrogen-bond acceptors (Lipinski definition) is 5. The molecule has 3 aromatic rings. The maximum Gasteiger partial charge on any atom is 0.240 e. The predicted octanol–water partition coefficient (Wildman–Crippen LogP) is 1.33. The minimum Gasteiger partial charge on any atom is -0.368 e. The van der Waals surface area contributed by atoms with Gasteiger partial charge in [0.2, 0.25) is 17.6 Å². The van der Waals surface area contributed by atoms with Gasteiger partial charge in [0, 0.05) is 18.4 Å². The molecule has 0 bridgehead atoms. The number of nitrogens with two attached hydrogens (primary N) is 1. The molecule has 8 nitrogen and oxygen atoms in total. The van der Waals surface area contributed by atoms with Crippen molar-refractivity contribution in [2.75, 3.05) is 0 Å². The standard InChI is InChI=1S/C20H22N6O2/c21-19(28)17(14-15-8-3-1-4-9-15)22-18(27)12-7-13-26-24-20(23-25-26)16-10-5-2-6-11-16/h1-6,8-11,17H,7,12-14H2,(H2,21,28)(H,22,27). The molecule has 144 valence electrons. The summed E-state index contributed by atoms with van der Waals surface area (Å²) in [6.45, 7) is 0.452. The zero-order valence-corrected chi connectivity index (χ0v) is 15.4. The number of nitrogens with zero attached hydrogens (tertiary/aromatic N) is 4. The number of nitrogens with one attached hydrogen (secondary N) is 1. The first kappa shape index (κ1) is 19.2. The minimum atomic E-state index is -0.732. The number of amides is 2. The van der Waals surface area contributed by atoms with Crippen molar-refractivity contribution < 1.29 is 9.59 Å². The van der Waals surface area contributed by atoms with E-state index in [2.05, 4.69) is 20.7 Å². The van der Waals surface area contributed by atoms with Crippen LogP contribution in [-0.2, 0) is 22.6 Å². The van der Waals surface area contributed by atoms with Crippen molar-refractivity contribution in [3.05, 3.63) is 66.2 Å². The molecule has 0 aliphatic heterocycles. The summed E-state index contributed by atoms with van der Waals surface area (Å²) >= 11 is 0. The Morgan fingerprint density at radius 2 is 1.71 bits per heavy atom. The number of hydrogen-bond donors (Lipinski definition) is 2. The lowest BCUT2D eigenvalue weighted by molar-refractivity contribution is -0.127. The number of aryl methyl sites for hydroxylation is 1. The van der Waals surface area contributed by atoms with Gasteiger partial charge in [-0.2, -0.15) is 4.80 Å². The van der Waals surface area contributed by atoms with Crippen LogP contribution < -0.4 is 11.1 Å². The van der Waals surface area contributed by atoms with E-state index in [-0.39, 0.29) is 12.3 Å². The summed E-state index contributed by atoms with van der Waals surface area (Å²) in [5.41, 5.74) is 7.25. The van der Waals surface area contributed by atoms with Gasteiger partial charge in [-0.05, 0) is 17.2 Å². The topological polar surface area (TPSA) is 116 Å². The van der Waals surface area contributed by atoms with Crippen molar-refractivity contribution >= 4 is 11.8 Å². The van der Waals surface area contributed by atoms with Crippen LogP contribution in [0.4, 0.5) is 0 Å². The van der Waals surface area contributed by atoms with Crippen LogP contribution >= 0.6 is 0 Å². The Hall–Kier alpha value is -3.55. The SMILES string of the molecule is NC(=O)C(Cc1ccccc1)NC(=O)CCCn1nnc(-c2ccccc2)n1. The second kappa shape index (κ2) is 9.40. The molecule has 28 heavy (non-hydrogen) atoms. The fourth-order valence-electron chi connectivity index (χ4n) is 2.76. The Labute approximate surface area is 162 Å². The lowest BCUT2D eigenvalue weighted by Gasteiger charge is -2.15. The fraction of sp³-hybridized carbons (Fsp3) is 0.250. The molecule has 2 amide bonds. The van der Waals surface area contributed by atoms with Crippen molar-refractivity contribution in [2.45, 2.75) is 31.8 Å². The van der Waals surface area contributed by atoms with E-state index >= 15 is 0 Å². The molecule has 0 radical (unpaired) electrons. The lowest BCUT2D eigenvalue weighted by Crippen LogP contribution is -2.45. The van der Waals surface area contributed by atoms with Crippen molar-refractivity contribution in [2.24, 2.45) is 5.73 Å². The fourth-order valence-corrected chi connectivity index (χ4v) is 2.76. The highest BCUT2D eigenvalue weighted by atomic mass is 16.2. The average molecular weight is 378 g/mol. The van der Waals surface area contributed by atoms with Crippen LogP contribution in [0.25, 0.3) is 11.4 Å². The van der Waals surface area contributed by atoms with E-state index in [0.29, 0.717) is 25.2 Å². The molecule has 1 aromatic heterocycles. The second-order valence-electron chi connectivity index (χ2n) is 6.39. The second-order valence-corrected chi connectivity index (χ2v) is 6.39. The predicted molar refractivity (Wildman–Crippen MR) is 104 cm³/mol. The average Bonchev–Trinajstić information content (AvgIpc) is 3.18. The van der Waals surface area contributed by atoms with Gasteiger partial charge >= 0.3 is 0 Å². The van der Waals surface area contributed by atoms with E-state index < -0.39 is 11.9 Å². The van der Waals surface area contributed by atoms with Crippen LogP contribution in [0.15, 0.2) is 60.7 Å². The number of aromatic nitrogens is 4. The smallest absolute Gasteiger partial charge is 0.240 e. The number of primary amides is 1. The summed E-state index contributed by atoms with van der Waals surface area (Å²) in [6.07, 6.45) is 1.13. The quantitative estimate of drug-likeness (QED) is 0.583. The Morgan fingerprint density at radius 1 is 1.04 bits per heavy atom. The van der Waals surface area contributed by atoms with Gasteiger partial charge in [-0.15, -0.1) is 10.2 Å². The maximum absolute atomic E-state index is 12.2. The molecule has 0 saturated heterocycles. The maximum atomic E-state index is 12.2. The molecule has 0 saturated carbocycles. The third kappa shape index (κ3) is 5.47. The Bertz CT molecular complexity index is 911. The highest BCUT2D eigenvalue weighted by Gasteiger charge is 2.18. The normalized spacial score (nSPS) is 11.7. The molecule has 3 rings (SSSR count). The molecule has 1 unspecified atom stereocenters. The molecular formula is C20H22N6O2. The summed E-state index contributed by atoms with van der Waals surface area (Å²) in [6, 6.07) is 18.3. The summed E-state index contributed by atoms with van der Waals surface area (Å²) in [7, 11) is 0. The van der Waals surface area contributed by atoms with Crippen LogP contribution in [0.5, 0.6) is 0 Å². The summed E-state index contributed by atoms with van der Waals surface area (Å²) in [5, 5.41) is 15.0. The first-order valence-electron chi connectivity index (χ1n) is 9.07. The van der Waals surface area contributed by atoms with Crippen LogP contribution in [-0.4, -0.2) is 38.1 Å². The molecule has 2 aromatic carbocycles. The molecule has 1 atom stereocenters. The molecule has 3 N–H and O–H groups in total. The third-order valence-corrected chi connectivity index (χ3v) is 4.21. The van der Waals surface area contributed by atoms with Crippen LogP contribution in [0.1, 0.15) is 18.4 Å². The third-order valence-electron chi connectivity index (χ3n) is 4.21. The van der Waals surface area contributed by atoms with Gasteiger partial charge in [-0.25, -0.2) is 0 Å². The number of carbonyl (C=O) groups excluding carboxylic acids is 2. The van der Waals surface area contributed by atoms with E-state index in [1.54, 1.807) is 0 Å². The van der Waals surface area contributed by atoms with Gasteiger partial charge in [-0.1, -0.05) is 60.7 Å². The number of carbonyl (C=O) groups is 2. The number of rotatable bonds is 9. The molecule has 0 spiro atoms. The van der Waals surface area contributed by atoms with Gasteiger partial charge in [0.25, 0.3) is 0 Å². The highest BCUT2D eigenvalue weighted by Crippen LogP contribution is 2.12. The van der Waals surface area contributed by atoms with Gasteiger partial charge in [0.1, 0.15) is 6.04 Å². The van der Waals surface area contributed by atoms with Gasteiger partial charge in [0.15, 0.2) is 0 Å². The number of tetrazole rings is 1. The van der Waals surface area contributed by atoms with Crippen LogP contribution in [0.3, 0.4) is 0 Å². The zero-order valence-electron chi connectivity index (χ0n) is 15.4. The summed E-state index contributed by atoms with van der Waals surface area (Å²) in [4.78, 5) is 25.3. The Balaban J connectivity index is 1.47. The van der Waals surface area contributed by atoms with Crippen LogP contribution in [0, 0.1) is 0 Å². The van der Waals surface area contributed by atoms with Gasteiger partial charge in [-0.3, -0.25) is 9.59 Å². The monoisotopic (exact) mass is 378 g/mol. The van der Waals surface area contributed by atoms with Crippen molar-refractivity contribution in [3.8, 4) is 11.4 Å². The van der Waals surface area contributed by atoms with E-state index in [1.165, 1.54) is 4.80 Å². The lowest BCUT2D eigenvalue weighted by atomic mass is 10.1. The van der Waals surface area contributed by atoms with E-state index in [4.69, 9.17) is 5.73 Å². The molecule has 0 fully saturated rings. The molecule has 0 aliphatic carbocycles. The van der Waals surface area contributed by atoms with Crippen molar-refractivity contribution in [1.82, 2.24) is 25.5 Å². The first-order chi connectivity index (χ1) is 13.6. The summed E-state index contributed by atoms with van der Waals surface area (Å²) < 4.78 is 0. The molecular weight excluding hydrogens is 356 g/mol. The largest absolute Gasteiger partial charge is 0.368 e. The summed E-state index contributed by atoms with van der Waals surface area (Å²) in [5.74, 6) is -0.243. The number of benzene rings is 2. The van der Waals surface area contributed by atoms with Crippen LogP contribution in [0.2, 0.25) is 0 Å². The van der Waals surface area contributed by atoms with Gasteiger partial charge in [0.05, 0.1) is 6.54 Å². The van der Waals surface area contributed by atoms with Crippen molar-refractivity contribution in [1.29, 1.82) is 0 Å². The minimum absolute atomic E-state index is 0.233. The van der Waals surface area contributed by atoms with E-state index in [1.807, 2.05) is 60.7 Å². The first-order valence-corrected chi connectivity index (χ1v) is 9.07. The van der Waals surface area contributed by atoms with E-state index in [9.17, 15) is 9.59 Å². The Kier molecular flexibility index (Phi) is 6.46. The van der Waals surface area contributed by atoms with E-state index in [0.717, 1.165) is 11.1 Å². The zero-order chi connectivity index (χ0) is 19.8.